The average molecular weight is 335 g/mol. The highest BCUT2D eigenvalue weighted by molar-refractivity contribution is 5.86. The van der Waals surface area contributed by atoms with Crippen LogP contribution in [-0.2, 0) is 11.3 Å². The fourth-order valence-electron chi connectivity index (χ4n) is 2.69. The lowest BCUT2D eigenvalue weighted by Gasteiger charge is -2.34. The first kappa shape index (κ1) is 17.8. The predicted octanol–water partition coefficient (Wildman–Crippen LogP) is 2.59. The number of likely N-dealkylation sites (tertiary alicyclic amines) is 1. The Morgan fingerprint density at radius 3 is 2.65 bits per heavy atom. The molecule has 0 amide bonds. The maximum atomic E-state index is 12.5. The number of halogens is 3. The van der Waals surface area contributed by atoms with Crippen LogP contribution >= 0.6 is 0 Å². The Labute approximate surface area is 132 Å². The molecule has 1 atom stereocenters. The van der Waals surface area contributed by atoms with Crippen LogP contribution in [0.25, 0.3) is 0 Å². The second-order valence-corrected chi connectivity index (χ2v) is 5.59. The molecule has 2 heterocycles. The molecule has 5 nitrogen and oxygen atoms in total. The largest absolute Gasteiger partial charge is 0.460 e. The number of aliphatic hydroxyl groups is 1. The van der Waals surface area contributed by atoms with Crippen LogP contribution in [0.15, 0.2) is 16.5 Å². The van der Waals surface area contributed by atoms with Crippen LogP contribution in [-0.4, -0.2) is 48.0 Å². The van der Waals surface area contributed by atoms with E-state index in [1.165, 1.54) is 6.07 Å². The van der Waals surface area contributed by atoms with Crippen LogP contribution in [0.1, 0.15) is 36.1 Å². The molecule has 2 rings (SSSR count). The van der Waals surface area contributed by atoms with Gasteiger partial charge in [0.1, 0.15) is 5.76 Å². The van der Waals surface area contributed by atoms with Crippen LogP contribution < -0.4 is 0 Å². The van der Waals surface area contributed by atoms with Crippen molar-refractivity contribution in [2.24, 2.45) is 5.92 Å². The quantitative estimate of drug-likeness (QED) is 0.838. The minimum absolute atomic E-state index is 0.115. The standard InChI is InChI=1S/C15H20F3NO4/c1-2-22-14(21)12-4-3-11(23-12)9-19-7-5-10(6-8-19)13(20)15(16,17)18/h3-4,10,13,20H,2,5-9H2,1H3. The van der Waals surface area contributed by atoms with Gasteiger partial charge in [-0.1, -0.05) is 0 Å². The molecular weight excluding hydrogens is 315 g/mol. The molecule has 130 valence electrons. The van der Waals surface area contributed by atoms with Gasteiger partial charge >= 0.3 is 12.1 Å². The Bertz CT molecular complexity index is 521. The monoisotopic (exact) mass is 335 g/mol. The fraction of sp³-hybridized carbons (Fsp3) is 0.667. The zero-order valence-electron chi connectivity index (χ0n) is 12.8. The van der Waals surface area contributed by atoms with Gasteiger partial charge in [-0.05, 0) is 50.9 Å². The average Bonchev–Trinajstić information content (AvgIpc) is 2.95. The molecule has 0 spiro atoms. The first-order chi connectivity index (χ1) is 10.8. The van der Waals surface area contributed by atoms with Gasteiger partial charge in [0.25, 0.3) is 0 Å². The number of carbonyl (C=O) groups is 1. The van der Waals surface area contributed by atoms with Crippen molar-refractivity contribution in [1.29, 1.82) is 0 Å². The maximum absolute atomic E-state index is 12.5. The molecule has 0 aromatic carbocycles. The topological polar surface area (TPSA) is 62.9 Å². The molecule has 1 unspecified atom stereocenters. The Hall–Kier alpha value is -1.54. The van der Waals surface area contributed by atoms with Crippen LogP contribution in [0.3, 0.4) is 0 Å². The summed E-state index contributed by atoms with van der Waals surface area (Å²) in [6.07, 6.45) is -6.29. The SMILES string of the molecule is CCOC(=O)c1ccc(CN2CCC(C(O)C(F)(F)F)CC2)o1. The van der Waals surface area contributed by atoms with E-state index >= 15 is 0 Å². The van der Waals surface area contributed by atoms with Gasteiger partial charge in [0.05, 0.1) is 13.2 Å². The van der Waals surface area contributed by atoms with Gasteiger partial charge in [-0.3, -0.25) is 4.90 Å². The van der Waals surface area contributed by atoms with Crippen molar-refractivity contribution >= 4 is 5.97 Å². The Kier molecular flexibility index (Phi) is 5.69. The van der Waals surface area contributed by atoms with E-state index in [4.69, 9.17) is 9.15 Å². The molecule has 0 aliphatic carbocycles. The summed E-state index contributed by atoms with van der Waals surface area (Å²) in [4.78, 5) is 13.4. The van der Waals surface area contributed by atoms with Crippen LogP contribution in [0, 0.1) is 5.92 Å². The molecule has 0 radical (unpaired) electrons. The van der Waals surface area contributed by atoms with Gasteiger partial charge in [0.2, 0.25) is 5.76 Å². The second-order valence-electron chi connectivity index (χ2n) is 5.59. The summed E-state index contributed by atoms with van der Waals surface area (Å²) in [5.74, 6) is -0.629. The molecule has 1 fully saturated rings. The number of hydrogen-bond donors (Lipinski definition) is 1. The molecule has 1 aliphatic rings. The number of carbonyl (C=O) groups excluding carboxylic acids is 1. The Balaban J connectivity index is 1.84. The second kappa shape index (κ2) is 7.35. The van der Waals surface area contributed by atoms with Gasteiger partial charge in [-0.15, -0.1) is 0 Å². The predicted molar refractivity (Wildman–Crippen MR) is 74.7 cm³/mol. The first-order valence-electron chi connectivity index (χ1n) is 7.54. The van der Waals surface area contributed by atoms with Crippen molar-refractivity contribution in [2.45, 2.75) is 38.6 Å². The van der Waals surface area contributed by atoms with Gasteiger partial charge in [0.15, 0.2) is 6.10 Å². The Morgan fingerprint density at radius 2 is 2.09 bits per heavy atom. The van der Waals surface area contributed by atoms with Crippen molar-refractivity contribution in [2.75, 3.05) is 19.7 Å². The van der Waals surface area contributed by atoms with E-state index in [0.717, 1.165) is 0 Å². The van der Waals surface area contributed by atoms with Crippen molar-refractivity contribution < 1.29 is 32.2 Å². The smallest absolute Gasteiger partial charge is 0.414 e. The number of rotatable bonds is 5. The molecule has 1 saturated heterocycles. The highest BCUT2D eigenvalue weighted by Gasteiger charge is 2.44. The Morgan fingerprint density at radius 1 is 1.43 bits per heavy atom. The van der Waals surface area contributed by atoms with E-state index in [-0.39, 0.29) is 25.2 Å². The van der Waals surface area contributed by atoms with Crippen molar-refractivity contribution in [3.05, 3.63) is 23.7 Å². The number of piperidine rings is 1. The molecule has 1 aliphatic heterocycles. The molecule has 0 bridgehead atoms. The number of esters is 1. The number of hydrogen-bond acceptors (Lipinski definition) is 5. The zero-order chi connectivity index (χ0) is 17.0. The van der Waals surface area contributed by atoms with E-state index < -0.39 is 24.2 Å². The molecule has 8 heteroatoms. The summed E-state index contributed by atoms with van der Waals surface area (Å²) >= 11 is 0. The molecule has 0 saturated carbocycles. The molecular formula is C15H20F3NO4. The van der Waals surface area contributed by atoms with E-state index in [1.54, 1.807) is 13.0 Å². The number of furan rings is 1. The number of ether oxygens (including phenoxy) is 1. The van der Waals surface area contributed by atoms with Crippen molar-refractivity contribution in [3.8, 4) is 0 Å². The van der Waals surface area contributed by atoms with E-state index in [1.807, 2.05) is 4.90 Å². The van der Waals surface area contributed by atoms with Gasteiger partial charge in [0, 0.05) is 0 Å². The highest BCUT2D eigenvalue weighted by atomic mass is 19.4. The lowest BCUT2D eigenvalue weighted by Crippen LogP contribution is -2.43. The third kappa shape index (κ3) is 4.71. The number of aliphatic hydroxyl groups excluding tert-OH is 1. The minimum Gasteiger partial charge on any atom is -0.460 e. The molecule has 23 heavy (non-hydrogen) atoms. The summed E-state index contributed by atoms with van der Waals surface area (Å²) in [6.45, 7) is 3.24. The third-order valence-corrected chi connectivity index (χ3v) is 3.93. The van der Waals surface area contributed by atoms with Crippen molar-refractivity contribution in [1.82, 2.24) is 4.90 Å². The van der Waals surface area contributed by atoms with Gasteiger partial charge in [-0.25, -0.2) is 4.79 Å². The third-order valence-electron chi connectivity index (χ3n) is 3.93. The summed E-state index contributed by atoms with van der Waals surface area (Å²) < 4.78 is 47.7. The number of alkyl halides is 3. The minimum atomic E-state index is -4.57. The van der Waals surface area contributed by atoms with Crippen LogP contribution in [0.5, 0.6) is 0 Å². The zero-order valence-corrected chi connectivity index (χ0v) is 12.8. The van der Waals surface area contributed by atoms with E-state index in [0.29, 0.717) is 25.4 Å². The first-order valence-corrected chi connectivity index (χ1v) is 7.54. The fourth-order valence-corrected chi connectivity index (χ4v) is 2.69. The van der Waals surface area contributed by atoms with Gasteiger partial charge < -0.3 is 14.3 Å². The summed E-state index contributed by atoms with van der Waals surface area (Å²) in [5, 5.41) is 9.29. The van der Waals surface area contributed by atoms with Crippen LogP contribution in [0.4, 0.5) is 13.2 Å². The van der Waals surface area contributed by atoms with Crippen LogP contribution in [0.2, 0.25) is 0 Å². The van der Waals surface area contributed by atoms with Gasteiger partial charge in [-0.2, -0.15) is 13.2 Å². The summed E-state index contributed by atoms with van der Waals surface area (Å²) in [7, 11) is 0. The van der Waals surface area contributed by atoms with Crippen molar-refractivity contribution in [3.63, 3.8) is 0 Å². The number of nitrogens with zero attached hydrogens (tertiary/aromatic N) is 1. The molecule has 1 aromatic rings. The lowest BCUT2D eigenvalue weighted by atomic mass is 9.91. The van der Waals surface area contributed by atoms with E-state index in [9.17, 15) is 23.1 Å². The van der Waals surface area contributed by atoms with E-state index in [2.05, 4.69) is 0 Å². The normalized spacial score (nSPS) is 18.8. The molecule has 1 aromatic heterocycles. The lowest BCUT2D eigenvalue weighted by molar-refractivity contribution is -0.223. The maximum Gasteiger partial charge on any atom is 0.414 e. The summed E-state index contributed by atoms with van der Waals surface area (Å²) in [5.41, 5.74) is 0. The molecule has 1 N–H and O–H groups in total. The summed E-state index contributed by atoms with van der Waals surface area (Å²) in [6, 6.07) is 3.18. The highest BCUT2D eigenvalue weighted by Crippen LogP contribution is 2.32.